The second-order valence-corrected chi connectivity index (χ2v) is 6.64. The SMILES string of the molecule is CCCCCSc1nc(NC)nc2sc(CC)cc12. The lowest BCUT2D eigenvalue weighted by Crippen LogP contribution is -1.97. The number of hydrogen-bond acceptors (Lipinski definition) is 5. The van der Waals surface area contributed by atoms with Crippen molar-refractivity contribution in [3.05, 3.63) is 10.9 Å². The Bertz CT molecular complexity index is 537. The number of unbranched alkanes of at least 4 members (excludes halogenated alkanes) is 2. The van der Waals surface area contributed by atoms with Gasteiger partial charge < -0.3 is 5.32 Å². The van der Waals surface area contributed by atoms with E-state index in [1.54, 1.807) is 11.3 Å². The molecule has 0 unspecified atom stereocenters. The predicted molar refractivity (Wildman–Crippen MR) is 86.6 cm³/mol. The van der Waals surface area contributed by atoms with Crippen LogP contribution in [0.5, 0.6) is 0 Å². The normalized spacial score (nSPS) is 11.1. The minimum atomic E-state index is 0.731. The number of aryl methyl sites for hydroxylation is 1. The first-order chi connectivity index (χ1) is 9.28. The predicted octanol–water partition coefficient (Wildman–Crippen LogP) is 4.58. The lowest BCUT2D eigenvalue weighted by molar-refractivity contribution is 0.778. The third-order valence-electron chi connectivity index (χ3n) is 2.97. The molecule has 3 nitrogen and oxygen atoms in total. The minimum Gasteiger partial charge on any atom is -0.357 e. The number of aromatic nitrogens is 2. The average molecular weight is 295 g/mol. The lowest BCUT2D eigenvalue weighted by atomic mass is 10.3. The smallest absolute Gasteiger partial charge is 0.224 e. The van der Waals surface area contributed by atoms with Crippen LogP contribution in [0, 0.1) is 0 Å². The number of rotatable bonds is 7. The van der Waals surface area contributed by atoms with Crippen LogP contribution in [0.1, 0.15) is 38.0 Å². The molecule has 19 heavy (non-hydrogen) atoms. The Hall–Kier alpha value is -0.810. The Kier molecular flexibility index (Phi) is 5.45. The molecule has 0 saturated carbocycles. The van der Waals surface area contributed by atoms with Gasteiger partial charge in [-0.1, -0.05) is 26.7 Å². The van der Waals surface area contributed by atoms with E-state index in [-0.39, 0.29) is 0 Å². The van der Waals surface area contributed by atoms with Crippen molar-refractivity contribution in [3.63, 3.8) is 0 Å². The van der Waals surface area contributed by atoms with E-state index in [2.05, 4.69) is 35.2 Å². The van der Waals surface area contributed by atoms with E-state index in [0.29, 0.717) is 0 Å². The van der Waals surface area contributed by atoms with Gasteiger partial charge in [-0.15, -0.1) is 23.1 Å². The summed E-state index contributed by atoms with van der Waals surface area (Å²) in [5.41, 5.74) is 0. The van der Waals surface area contributed by atoms with Gasteiger partial charge in [0.25, 0.3) is 0 Å². The van der Waals surface area contributed by atoms with E-state index in [1.807, 2.05) is 18.8 Å². The molecule has 1 N–H and O–H groups in total. The molecule has 0 aliphatic carbocycles. The summed E-state index contributed by atoms with van der Waals surface area (Å²) in [7, 11) is 1.88. The molecule has 2 heterocycles. The molecule has 0 radical (unpaired) electrons. The molecule has 0 aliphatic heterocycles. The summed E-state index contributed by atoms with van der Waals surface area (Å²) in [5.74, 6) is 1.87. The Balaban J connectivity index is 2.25. The van der Waals surface area contributed by atoms with Crippen LogP contribution in [0.25, 0.3) is 10.2 Å². The van der Waals surface area contributed by atoms with Gasteiger partial charge in [0, 0.05) is 17.3 Å². The van der Waals surface area contributed by atoms with E-state index in [1.165, 1.54) is 29.5 Å². The molecule has 5 heteroatoms. The highest BCUT2D eigenvalue weighted by molar-refractivity contribution is 7.99. The van der Waals surface area contributed by atoms with Crippen molar-refractivity contribution in [1.29, 1.82) is 0 Å². The van der Waals surface area contributed by atoms with Crippen molar-refractivity contribution >= 4 is 39.3 Å². The van der Waals surface area contributed by atoms with Crippen molar-refractivity contribution < 1.29 is 0 Å². The van der Waals surface area contributed by atoms with Crippen molar-refractivity contribution in [2.75, 3.05) is 18.1 Å². The minimum absolute atomic E-state index is 0.731. The van der Waals surface area contributed by atoms with E-state index >= 15 is 0 Å². The van der Waals surface area contributed by atoms with Gasteiger partial charge in [0.2, 0.25) is 5.95 Å². The van der Waals surface area contributed by atoms with Crippen LogP contribution >= 0.6 is 23.1 Å². The first kappa shape index (κ1) is 14.6. The Morgan fingerprint density at radius 2 is 2.11 bits per heavy atom. The third kappa shape index (κ3) is 3.60. The molecular weight excluding hydrogens is 274 g/mol. The van der Waals surface area contributed by atoms with Gasteiger partial charge in [-0.3, -0.25) is 0 Å². The standard InChI is InChI=1S/C14H21N3S2/c1-4-6-7-8-18-12-11-9-10(5-2)19-13(11)17-14(15-3)16-12/h9H,4-8H2,1-3H3,(H,15,16,17). The van der Waals surface area contributed by atoms with Gasteiger partial charge >= 0.3 is 0 Å². The number of anilines is 1. The monoisotopic (exact) mass is 295 g/mol. The molecule has 0 saturated heterocycles. The maximum absolute atomic E-state index is 4.61. The largest absolute Gasteiger partial charge is 0.357 e. The van der Waals surface area contributed by atoms with Gasteiger partial charge in [0.05, 0.1) is 0 Å². The average Bonchev–Trinajstić information content (AvgIpc) is 2.86. The van der Waals surface area contributed by atoms with Crippen molar-refractivity contribution in [2.24, 2.45) is 0 Å². The van der Waals surface area contributed by atoms with Crippen LogP contribution in [0.4, 0.5) is 5.95 Å². The number of nitrogens with zero attached hydrogens (tertiary/aromatic N) is 2. The molecule has 0 bridgehead atoms. The number of nitrogens with one attached hydrogen (secondary N) is 1. The molecule has 2 aromatic heterocycles. The Morgan fingerprint density at radius 3 is 2.79 bits per heavy atom. The summed E-state index contributed by atoms with van der Waals surface area (Å²) in [5, 5.41) is 5.41. The molecule has 104 valence electrons. The zero-order valence-electron chi connectivity index (χ0n) is 11.8. The summed E-state index contributed by atoms with van der Waals surface area (Å²) in [6.07, 6.45) is 4.88. The summed E-state index contributed by atoms with van der Waals surface area (Å²) >= 11 is 3.64. The second kappa shape index (κ2) is 7.10. The summed E-state index contributed by atoms with van der Waals surface area (Å²) in [6, 6.07) is 2.25. The highest BCUT2D eigenvalue weighted by Crippen LogP contribution is 2.33. The summed E-state index contributed by atoms with van der Waals surface area (Å²) in [4.78, 5) is 11.7. The fraction of sp³-hybridized carbons (Fsp3) is 0.571. The third-order valence-corrected chi connectivity index (χ3v) is 5.22. The highest BCUT2D eigenvalue weighted by atomic mass is 32.2. The first-order valence-corrected chi connectivity index (χ1v) is 8.69. The van der Waals surface area contributed by atoms with Crippen LogP contribution in [0.3, 0.4) is 0 Å². The van der Waals surface area contributed by atoms with Crippen molar-refractivity contribution in [2.45, 2.75) is 44.6 Å². The maximum atomic E-state index is 4.61. The number of thioether (sulfide) groups is 1. The van der Waals surface area contributed by atoms with Gasteiger partial charge in [-0.2, -0.15) is 0 Å². The van der Waals surface area contributed by atoms with E-state index in [0.717, 1.165) is 28.0 Å². The quantitative estimate of drug-likeness (QED) is 0.461. The van der Waals surface area contributed by atoms with E-state index in [9.17, 15) is 0 Å². The molecule has 0 aromatic carbocycles. The fourth-order valence-electron chi connectivity index (χ4n) is 1.86. The van der Waals surface area contributed by atoms with Gasteiger partial charge in [-0.25, -0.2) is 9.97 Å². The van der Waals surface area contributed by atoms with Gasteiger partial charge in [0.15, 0.2) is 0 Å². The highest BCUT2D eigenvalue weighted by Gasteiger charge is 2.11. The molecule has 2 aromatic rings. The van der Waals surface area contributed by atoms with Gasteiger partial charge in [-0.05, 0) is 24.7 Å². The van der Waals surface area contributed by atoms with E-state index < -0.39 is 0 Å². The topological polar surface area (TPSA) is 37.8 Å². The first-order valence-electron chi connectivity index (χ1n) is 6.89. The molecule has 0 aliphatic rings. The van der Waals surface area contributed by atoms with Crippen LogP contribution < -0.4 is 5.32 Å². The zero-order valence-corrected chi connectivity index (χ0v) is 13.5. The summed E-state index contributed by atoms with van der Waals surface area (Å²) < 4.78 is 0. The van der Waals surface area contributed by atoms with Gasteiger partial charge in [0.1, 0.15) is 9.86 Å². The Labute approximate surface area is 123 Å². The number of hydrogen-bond donors (Lipinski definition) is 1. The van der Waals surface area contributed by atoms with Crippen LogP contribution in [-0.2, 0) is 6.42 Å². The second-order valence-electron chi connectivity index (χ2n) is 4.44. The Morgan fingerprint density at radius 1 is 1.26 bits per heavy atom. The molecule has 0 amide bonds. The molecule has 2 rings (SSSR count). The molecule has 0 spiro atoms. The molecule has 0 atom stereocenters. The van der Waals surface area contributed by atoms with E-state index in [4.69, 9.17) is 0 Å². The summed E-state index contributed by atoms with van der Waals surface area (Å²) in [6.45, 7) is 4.42. The number of fused-ring (bicyclic) bond motifs is 1. The van der Waals surface area contributed by atoms with Crippen LogP contribution in [0.15, 0.2) is 11.1 Å². The fourth-order valence-corrected chi connectivity index (χ4v) is 3.90. The zero-order chi connectivity index (χ0) is 13.7. The van der Waals surface area contributed by atoms with Crippen molar-refractivity contribution in [3.8, 4) is 0 Å². The molecular formula is C14H21N3S2. The number of thiophene rings is 1. The van der Waals surface area contributed by atoms with Crippen molar-refractivity contribution in [1.82, 2.24) is 9.97 Å². The lowest BCUT2D eigenvalue weighted by Gasteiger charge is -2.04. The molecule has 0 fully saturated rings. The maximum Gasteiger partial charge on any atom is 0.224 e. The van der Waals surface area contributed by atoms with Crippen LogP contribution in [-0.4, -0.2) is 22.8 Å². The van der Waals surface area contributed by atoms with Crippen LogP contribution in [0.2, 0.25) is 0 Å².